The number of aromatic hydroxyl groups is 1. The van der Waals surface area contributed by atoms with E-state index in [1.54, 1.807) is 18.3 Å². The summed E-state index contributed by atoms with van der Waals surface area (Å²) in [5.74, 6) is 0.0715. The minimum Gasteiger partial charge on any atom is -0.506 e. The first-order valence-electron chi connectivity index (χ1n) is 3.89. The van der Waals surface area contributed by atoms with Crippen molar-refractivity contribution in [2.24, 2.45) is 0 Å². The molecule has 0 amide bonds. The minimum absolute atomic E-state index is 0.0715. The van der Waals surface area contributed by atoms with Crippen molar-refractivity contribution in [1.82, 2.24) is 15.0 Å². The summed E-state index contributed by atoms with van der Waals surface area (Å²) in [7, 11) is 0. The smallest absolute Gasteiger partial charge is 0.222 e. The Labute approximate surface area is 85.2 Å². The first-order valence-corrected chi connectivity index (χ1v) is 4.27. The first-order chi connectivity index (χ1) is 6.77. The van der Waals surface area contributed by atoms with Crippen molar-refractivity contribution in [2.75, 3.05) is 0 Å². The zero-order valence-corrected chi connectivity index (χ0v) is 7.81. The van der Waals surface area contributed by atoms with E-state index in [9.17, 15) is 5.11 Å². The molecule has 0 atom stereocenters. The zero-order valence-electron chi connectivity index (χ0n) is 7.05. The third-order valence-corrected chi connectivity index (χ3v) is 1.88. The maximum atomic E-state index is 9.49. The van der Waals surface area contributed by atoms with Gasteiger partial charge in [0.15, 0.2) is 0 Å². The number of aromatic nitrogens is 3. The van der Waals surface area contributed by atoms with Crippen LogP contribution in [-0.2, 0) is 0 Å². The second kappa shape index (κ2) is 3.59. The van der Waals surface area contributed by atoms with Crippen molar-refractivity contribution in [3.63, 3.8) is 0 Å². The van der Waals surface area contributed by atoms with Crippen LogP contribution in [0.3, 0.4) is 0 Å². The Hall–Kier alpha value is -1.68. The molecule has 2 heterocycles. The van der Waals surface area contributed by atoms with E-state index in [-0.39, 0.29) is 11.0 Å². The Bertz CT molecular complexity index is 461. The standard InChI is InChI=1S/C9H6ClN3O/c10-9-12-4-2-7(13-9)6-1-3-11-5-8(6)14/h1-5,14H. The van der Waals surface area contributed by atoms with Crippen LogP contribution < -0.4 is 0 Å². The van der Waals surface area contributed by atoms with Gasteiger partial charge >= 0.3 is 0 Å². The molecule has 0 radical (unpaired) electrons. The molecule has 0 spiro atoms. The van der Waals surface area contributed by atoms with E-state index in [1.165, 1.54) is 12.4 Å². The summed E-state index contributed by atoms with van der Waals surface area (Å²) < 4.78 is 0. The van der Waals surface area contributed by atoms with Gasteiger partial charge in [-0.2, -0.15) is 0 Å². The molecular formula is C9H6ClN3O. The van der Waals surface area contributed by atoms with E-state index < -0.39 is 0 Å². The molecule has 0 unspecified atom stereocenters. The summed E-state index contributed by atoms with van der Waals surface area (Å²) in [5, 5.41) is 9.64. The summed E-state index contributed by atoms with van der Waals surface area (Å²) in [6.45, 7) is 0. The Morgan fingerprint density at radius 1 is 1.21 bits per heavy atom. The van der Waals surface area contributed by atoms with Crippen molar-refractivity contribution >= 4 is 11.6 Å². The molecule has 0 saturated heterocycles. The van der Waals surface area contributed by atoms with Gasteiger partial charge in [0, 0.05) is 18.0 Å². The summed E-state index contributed by atoms with van der Waals surface area (Å²) in [4.78, 5) is 11.5. The average Bonchev–Trinajstić information content (AvgIpc) is 2.18. The van der Waals surface area contributed by atoms with Crippen LogP contribution >= 0.6 is 11.6 Å². The highest BCUT2D eigenvalue weighted by molar-refractivity contribution is 6.28. The Morgan fingerprint density at radius 3 is 2.79 bits per heavy atom. The van der Waals surface area contributed by atoms with Gasteiger partial charge in [-0.25, -0.2) is 9.97 Å². The first kappa shape index (κ1) is 8.90. The van der Waals surface area contributed by atoms with Crippen LogP contribution in [0.25, 0.3) is 11.3 Å². The van der Waals surface area contributed by atoms with Gasteiger partial charge in [-0.1, -0.05) is 0 Å². The normalized spacial score (nSPS) is 10.1. The number of halogens is 1. The van der Waals surface area contributed by atoms with Gasteiger partial charge in [0.05, 0.1) is 11.9 Å². The predicted molar refractivity (Wildman–Crippen MR) is 51.9 cm³/mol. The van der Waals surface area contributed by atoms with Crippen LogP contribution in [0.4, 0.5) is 0 Å². The molecule has 0 fully saturated rings. The van der Waals surface area contributed by atoms with E-state index in [0.717, 1.165) is 0 Å². The summed E-state index contributed by atoms with van der Waals surface area (Å²) in [5.41, 5.74) is 1.16. The molecule has 5 heteroatoms. The third-order valence-electron chi connectivity index (χ3n) is 1.70. The van der Waals surface area contributed by atoms with E-state index >= 15 is 0 Å². The quantitative estimate of drug-likeness (QED) is 0.726. The zero-order chi connectivity index (χ0) is 9.97. The SMILES string of the molecule is Oc1cnccc1-c1ccnc(Cl)n1. The van der Waals surface area contributed by atoms with Gasteiger partial charge in [-0.05, 0) is 23.7 Å². The summed E-state index contributed by atoms with van der Waals surface area (Å²) in [6, 6.07) is 3.33. The minimum atomic E-state index is 0.0715. The molecule has 0 aliphatic heterocycles. The highest BCUT2D eigenvalue weighted by Gasteiger charge is 2.05. The van der Waals surface area contributed by atoms with Crippen LogP contribution in [0.2, 0.25) is 5.28 Å². The lowest BCUT2D eigenvalue weighted by Crippen LogP contribution is -1.87. The maximum Gasteiger partial charge on any atom is 0.222 e. The Morgan fingerprint density at radius 2 is 2.07 bits per heavy atom. The van der Waals surface area contributed by atoms with Gasteiger partial charge in [0.2, 0.25) is 5.28 Å². The molecule has 1 N–H and O–H groups in total. The van der Waals surface area contributed by atoms with E-state index in [2.05, 4.69) is 15.0 Å². The van der Waals surface area contributed by atoms with Crippen molar-refractivity contribution in [1.29, 1.82) is 0 Å². The molecule has 2 aromatic heterocycles. The molecule has 0 aliphatic rings. The Balaban J connectivity index is 2.55. The molecule has 0 saturated carbocycles. The number of hydrogen-bond acceptors (Lipinski definition) is 4. The lowest BCUT2D eigenvalue weighted by Gasteiger charge is -2.01. The van der Waals surface area contributed by atoms with Gasteiger partial charge < -0.3 is 5.11 Å². The summed E-state index contributed by atoms with van der Waals surface area (Å²) >= 11 is 5.63. The largest absolute Gasteiger partial charge is 0.506 e. The van der Waals surface area contributed by atoms with E-state index in [0.29, 0.717) is 11.3 Å². The van der Waals surface area contributed by atoms with Crippen molar-refractivity contribution < 1.29 is 5.11 Å². The Kier molecular flexibility index (Phi) is 2.28. The van der Waals surface area contributed by atoms with Crippen molar-refractivity contribution in [3.05, 3.63) is 36.0 Å². The molecular weight excluding hydrogens is 202 g/mol. The average molecular weight is 208 g/mol. The molecule has 2 rings (SSSR count). The highest BCUT2D eigenvalue weighted by atomic mass is 35.5. The fourth-order valence-electron chi connectivity index (χ4n) is 1.09. The number of hydrogen-bond donors (Lipinski definition) is 1. The van der Waals surface area contributed by atoms with Crippen LogP contribution in [-0.4, -0.2) is 20.1 Å². The van der Waals surface area contributed by atoms with Crippen LogP contribution in [0, 0.1) is 0 Å². The number of pyridine rings is 1. The van der Waals surface area contributed by atoms with Crippen LogP contribution in [0.15, 0.2) is 30.7 Å². The highest BCUT2D eigenvalue weighted by Crippen LogP contribution is 2.25. The topological polar surface area (TPSA) is 58.9 Å². The van der Waals surface area contributed by atoms with Crippen molar-refractivity contribution in [3.8, 4) is 17.0 Å². The van der Waals surface area contributed by atoms with Crippen molar-refractivity contribution in [2.45, 2.75) is 0 Å². The van der Waals surface area contributed by atoms with Gasteiger partial charge in [-0.3, -0.25) is 4.98 Å². The lowest BCUT2D eigenvalue weighted by molar-refractivity contribution is 0.474. The monoisotopic (exact) mass is 207 g/mol. The molecule has 70 valence electrons. The number of nitrogens with zero attached hydrogens (tertiary/aromatic N) is 3. The fraction of sp³-hybridized carbons (Fsp3) is 0. The van der Waals surface area contributed by atoms with E-state index in [4.69, 9.17) is 11.6 Å². The molecule has 0 aromatic carbocycles. The number of rotatable bonds is 1. The molecule has 0 bridgehead atoms. The lowest BCUT2D eigenvalue weighted by atomic mass is 10.2. The second-order valence-electron chi connectivity index (χ2n) is 2.60. The second-order valence-corrected chi connectivity index (χ2v) is 2.94. The fourth-order valence-corrected chi connectivity index (χ4v) is 1.24. The predicted octanol–water partition coefficient (Wildman–Crippen LogP) is 1.90. The molecule has 14 heavy (non-hydrogen) atoms. The van der Waals surface area contributed by atoms with Gasteiger partial charge in [0.1, 0.15) is 5.75 Å². The maximum absolute atomic E-state index is 9.49. The molecule has 4 nitrogen and oxygen atoms in total. The van der Waals surface area contributed by atoms with Crippen LogP contribution in [0.1, 0.15) is 0 Å². The van der Waals surface area contributed by atoms with Crippen LogP contribution in [0.5, 0.6) is 5.75 Å². The van der Waals surface area contributed by atoms with E-state index in [1.807, 2.05) is 0 Å². The van der Waals surface area contributed by atoms with Gasteiger partial charge in [0.25, 0.3) is 0 Å². The third kappa shape index (κ3) is 1.65. The molecule has 2 aromatic rings. The summed E-state index contributed by atoms with van der Waals surface area (Å²) in [6.07, 6.45) is 4.46. The molecule has 0 aliphatic carbocycles. The van der Waals surface area contributed by atoms with Gasteiger partial charge in [-0.15, -0.1) is 0 Å².